The molecule has 1 spiro atoms. The van der Waals surface area contributed by atoms with Gasteiger partial charge in [0, 0.05) is 43.6 Å². The molecular formula is C19H20F2N4O3. The van der Waals surface area contributed by atoms with Crippen LogP contribution in [0.3, 0.4) is 0 Å². The zero-order valence-electron chi connectivity index (χ0n) is 15.1. The standard InChI is InChI=1S/C19H20F2N4O3/c20-13-2-1-11(9-14(13)21)22-17(27)12-10-19(12)5-7-25(8-6-19)18(28)15-3-4-16(26)24-23-15/h1-2,9,12H,3-8,10H2,(H,22,27)(H,24,26)/t12-/m1/s1. The van der Waals surface area contributed by atoms with Gasteiger partial charge in [-0.2, -0.15) is 5.10 Å². The Labute approximate surface area is 160 Å². The molecule has 28 heavy (non-hydrogen) atoms. The Hall–Kier alpha value is -2.84. The number of nitrogens with one attached hydrogen (secondary N) is 2. The van der Waals surface area contributed by atoms with E-state index in [4.69, 9.17) is 0 Å². The van der Waals surface area contributed by atoms with Crippen LogP contribution < -0.4 is 10.7 Å². The van der Waals surface area contributed by atoms with E-state index < -0.39 is 11.6 Å². The Balaban J connectivity index is 1.31. The largest absolute Gasteiger partial charge is 0.338 e. The number of hydrogen-bond acceptors (Lipinski definition) is 4. The summed E-state index contributed by atoms with van der Waals surface area (Å²) in [6.07, 6.45) is 2.73. The Kier molecular flexibility index (Phi) is 4.60. The summed E-state index contributed by atoms with van der Waals surface area (Å²) in [6, 6.07) is 3.28. The summed E-state index contributed by atoms with van der Waals surface area (Å²) < 4.78 is 26.3. The highest BCUT2D eigenvalue weighted by atomic mass is 19.2. The van der Waals surface area contributed by atoms with Gasteiger partial charge in [-0.3, -0.25) is 14.4 Å². The molecule has 3 amide bonds. The van der Waals surface area contributed by atoms with Crippen LogP contribution in [-0.2, 0) is 14.4 Å². The number of carbonyl (C=O) groups excluding carboxylic acids is 3. The smallest absolute Gasteiger partial charge is 0.270 e. The fourth-order valence-electron chi connectivity index (χ4n) is 4.04. The summed E-state index contributed by atoms with van der Waals surface area (Å²) in [6.45, 7) is 1.06. The molecule has 1 aromatic carbocycles. The molecular weight excluding hydrogens is 370 g/mol. The monoisotopic (exact) mass is 390 g/mol. The van der Waals surface area contributed by atoms with Crippen molar-refractivity contribution in [3.63, 3.8) is 0 Å². The molecule has 4 rings (SSSR count). The van der Waals surface area contributed by atoms with Crippen LogP contribution in [-0.4, -0.2) is 41.4 Å². The van der Waals surface area contributed by atoms with E-state index in [1.165, 1.54) is 6.07 Å². The number of hydrazone groups is 1. The second kappa shape index (κ2) is 6.96. The van der Waals surface area contributed by atoms with E-state index in [-0.39, 0.29) is 41.2 Å². The topological polar surface area (TPSA) is 90.9 Å². The Bertz CT molecular complexity index is 878. The van der Waals surface area contributed by atoms with Crippen molar-refractivity contribution in [1.29, 1.82) is 0 Å². The number of benzene rings is 1. The fraction of sp³-hybridized carbons (Fsp3) is 0.474. The SMILES string of the molecule is O=C1CCC(C(=O)N2CCC3(CC2)C[C@@H]3C(=O)Nc2ccc(F)c(F)c2)=NN1. The molecule has 0 unspecified atom stereocenters. The zero-order chi connectivity index (χ0) is 19.9. The first-order chi connectivity index (χ1) is 13.4. The van der Waals surface area contributed by atoms with Gasteiger partial charge in [-0.25, -0.2) is 14.2 Å². The molecule has 1 aliphatic carbocycles. The molecule has 1 saturated carbocycles. The number of anilines is 1. The van der Waals surface area contributed by atoms with Gasteiger partial charge in [-0.1, -0.05) is 0 Å². The van der Waals surface area contributed by atoms with Gasteiger partial charge in [0.2, 0.25) is 11.8 Å². The van der Waals surface area contributed by atoms with Gasteiger partial charge in [0.15, 0.2) is 11.6 Å². The molecule has 1 atom stereocenters. The Morgan fingerprint density at radius 3 is 2.57 bits per heavy atom. The first kappa shape index (κ1) is 18.5. The molecule has 2 aliphatic heterocycles. The van der Waals surface area contributed by atoms with Crippen LogP contribution in [0.2, 0.25) is 0 Å². The summed E-state index contributed by atoms with van der Waals surface area (Å²) in [5.41, 5.74) is 2.79. The van der Waals surface area contributed by atoms with Crippen molar-refractivity contribution in [2.75, 3.05) is 18.4 Å². The number of likely N-dealkylation sites (tertiary alicyclic amines) is 1. The Morgan fingerprint density at radius 2 is 1.93 bits per heavy atom. The Morgan fingerprint density at radius 1 is 1.18 bits per heavy atom. The predicted molar refractivity (Wildman–Crippen MR) is 96.2 cm³/mol. The summed E-state index contributed by atoms with van der Waals surface area (Å²) >= 11 is 0. The van der Waals surface area contributed by atoms with Crippen molar-refractivity contribution in [1.82, 2.24) is 10.3 Å². The molecule has 2 heterocycles. The van der Waals surface area contributed by atoms with Crippen LogP contribution in [0.5, 0.6) is 0 Å². The quantitative estimate of drug-likeness (QED) is 0.825. The lowest BCUT2D eigenvalue weighted by Crippen LogP contribution is -2.45. The molecule has 2 N–H and O–H groups in total. The van der Waals surface area contributed by atoms with Gasteiger partial charge in [0.1, 0.15) is 5.71 Å². The minimum atomic E-state index is -1.00. The number of piperidine rings is 1. The van der Waals surface area contributed by atoms with Crippen molar-refractivity contribution in [3.05, 3.63) is 29.8 Å². The van der Waals surface area contributed by atoms with Gasteiger partial charge in [-0.05, 0) is 36.8 Å². The number of nitrogens with zero attached hydrogens (tertiary/aromatic N) is 2. The van der Waals surface area contributed by atoms with Crippen LogP contribution in [0.15, 0.2) is 23.3 Å². The number of hydrogen-bond donors (Lipinski definition) is 2. The first-order valence-electron chi connectivity index (χ1n) is 9.29. The number of amides is 3. The summed E-state index contributed by atoms with van der Waals surface area (Å²) in [7, 11) is 0. The van der Waals surface area contributed by atoms with E-state index in [1.807, 2.05) is 0 Å². The van der Waals surface area contributed by atoms with E-state index in [1.54, 1.807) is 4.90 Å². The second-order valence-electron chi connectivity index (χ2n) is 7.62. The van der Waals surface area contributed by atoms with E-state index in [0.717, 1.165) is 18.6 Å². The lowest BCUT2D eigenvalue weighted by Gasteiger charge is -2.33. The average molecular weight is 390 g/mol. The van der Waals surface area contributed by atoms with Gasteiger partial charge in [0.25, 0.3) is 5.91 Å². The van der Waals surface area contributed by atoms with Gasteiger partial charge in [0.05, 0.1) is 0 Å². The highest BCUT2D eigenvalue weighted by molar-refractivity contribution is 6.39. The maximum Gasteiger partial charge on any atom is 0.270 e. The molecule has 3 aliphatic rings. The lowest BCUT2D eigenvalue weighted by molar-refractivity contribution is -0.126. The second-order valence-corrected chi connectivity index (χ2v) is 7.62. The fourth-order valence-corrected chi connectivity index (χ4v) is 4.04. The van der Waals surface area contributed by atoms with Gasteiger partial charge in [-0.15, -0.1) is 0 Å². The third-order valence-electron chi connectivity index (χ3n) is 5.89. The predicted octanol–water partition coefficient (Wildman–Crippen LogP) is 1.80. The third-order valence-corrected chi connectivity index (χ3v) is 5.89. The molecule has 0 aromatic heterocycles. The third kappa shape index (κ3) is 3.48. The summed E-state index contributed by atoms with van der Waals surface area (Å²) in [5.74, 6) is -2.72. The van der Waals surface area contributed by atoms with E-state index in [2.05, 4.69) is 15.8 Å². The number of rotatable bonds is 3. The number of carbonyl (C=O) groups is 3. The maximum atomic E-state index is 13.3. The van der Waals surface area contributed by atoms with Gasteiger partial charge < -0.3 is 10.2 Å². The molecule has 2 fully saturated rings. The van der Waals surface area contributed by atoms with Crippen molar-refractivity contribution in [3.8, 4) is 0 Å². The summed E-state index contributed by atoms with van der Waals surface area (Å²) in [4.78, 5) is 37.8. The van der Waals surface area contributed by atoms with E-state index in [9.17, 15) is 23.2 Å². The van der Waals surface area contributed by atoms with Crippen molar-refractivity contribution in [2.45, 2.75) is 32.1 Å². The van der Waals surface area contributed by atoms with E-state index >= 15 is 0 Å². The normalized spacial score (nSPS) is 23.1. The van der Waals surface area contributed by atoms with Crippen molar-refractivity contribution in [2.24, 2.45) is 16.4 Å². The lowest BCUT2D eigenvalue weighted by atomic mass is 9.90. The van der Waals surface area contributed by atoms with Crippen LogP contribution in [0.4, 0.5) is 14.5 Å². The van der Waals surface area contributed by atoms with Crippen LogP contribution >= 0.6 is 0 Å². The number of halogens is 2. The van der Waals surface area contributed by atoms with Gasteiger partial charge >= 0.3 is 0 Å². The summed E-state index contributed by atoms with van der Waals surface area (Å²) in [5, 5.41) is 6.49. The first-order valence-corrected chi connectivity index (χ1v) is 9.29. The van der Waals surface area contributed by atoms with Crippen molar-refractivity contribution < 1.29 is 23.2 Å². The minimum Gasteiger partial charge on any atom is -0.338 e. The molecule has 9 heteroatoms. The van der Waals surface area contributed by atoms with Crippen LogP contribution in [0.1, 0.15) is 32.1 Å². The van der Waals surface area contributed by atoms with Crippen molar-refractivity contribution >= 4 is 29.1 Å². The minimum absolute atomic E-state index is 0.137. The maximum absolute atomic E-state index is 13.3. The highest BCUT2D eigenvalue weighted by Crippen LogP contribution is 2.59. The van der Waals surface area contributed by atoms with E-state index in [0.29, 0.717) is 38.1 Å². The average Bonchev–Trinajstić information content (AvgIpc) is 3.39. The molecule has 1 saturated heterocycles. The zero-order valence-corrected chi connectivity index (χ0v) is 15.1. The molecule has 7 nitrogen and oxygen atoms in total. The molecule has 0 radical (unpaired) electrons. The highest BCUT2D eigenvalue weighted by Gasteiger charge is 2.58. The van der Waals surface area contributed by atoms with Crippen LogP contribution in [0, 0.1) is 23.0 Å². The van der Waals surface area contributed by atoms with Crippen LogP contribution in [0.25, 0.3) is 0 Å². The molecule has 1 aromatic rings. The molecule has 148 valence electrons. The molecule has 0 bridgehead atoms.